The predicted octanol–water partition coefficient (Wildman–Crippen LogP) is 3.97. The molecule has 2 aromatic carbocycles. The van der Waals surface area contributed by atoms with Crippen LogP contribution in [0.3, 0.4) is 0 Å². The Balaban J connectivity index is 1.43. The Morgan fingerprint density at radius 3 is 1.36 bits per heavy atom. The predicted molar refractivity (Wildman–Crippen MR) is 90.7 cm³/mol. The van der Waals surface area contributed by atoms with Gasteiger partial charge in [-0.25, -0.2) is 0 Å². The molecular formula is C20H24N2. The lowest BCUT2D eigenvalue weighted by Crippen LogP contribution is -2.56. The van der Waals surface area contributed by atoms with E-state index in [9.17, 15) is 0 Å². The van der Waals surface area contributed by atoms with Gasteiger partial charge in [0.2, 0.25) is 0 Å². The van der Waals surface area contributed by atoms with Gasteiger partial charge in [0.1, 0.15) is 0 Å². The molecule has 0 aromatic heterocycles. The normalized spacial score (nSPS) is 31.5. The maximum absolute atomic E-state index is 3.88. The Morgan fingerprint density at radius 2 is 0.955 bits per heavy atom. The van der Waals surface area contributed by atoms with Gasteiger partial charge in [0, 0.05) is 24.2 Å². The number of fused-ring (bicyclic) bond motifs is 1. The summed E-state index contributed by atoms with van der Waals surface area (Å²) >= 11 is 0. The maximum atomic E-state index is 3.88. The molecule has 0 unspecified atom stereocenters. The molecule has 2 aromatic rings. The van der Waals surface area contributed by atoms with E-state index in [0.29, 0.717) is 24.2 Å². The van der Waals surface area contributed by atoms with Crippen LogP contribution in [0.25, 0.3) is 0 Å². The van der Waals surface area contributed by atoms with E-state index in [-0.39, 0.29) is 0 Å². The Hall–Kier alpha value is -1.64. The molecule has 0 amide bonds. The van der Waals surface area contributed by atoms with Crippen LogP contribution in [0, 0.1) is 0 Å². The van der Waals surface area contributed by atoms with Crippen molar-refractivity contribution in [2.75, 3.05) is 0 Å². The fraction of sp³-hybridized carbons (Fsp3) is 0.400. The molecule has 4 rings (SSSR count). The largest absolute Gasteiger partial charge is 0.306 e. The first-order valence-corrected chi connectivity index (χ1v) is 8.52. The molecule has 0 bridgehead atoms. The third-order valence-corrected chi connectivity index (χ3v) is 5.25. The van der Waals surface area contributed by atoms with Gasteiger partial charge >= 0.3 is 0 Å². The zero-order valence-corrected chi connectivity index (χ0v) is 12.9. The number of nitrogens with one attached hydrogen (secondary N) is 2. The lowest BCUT2D eigenvalue weighted by molar-refractivity contribution is 0.182. The minimum absolute atomic E-state index is 0.525. The minimum Gasteiger partial charge on any atom is -0.306 e. The Kier molecular flexibility index (Phi) is 3.96. The van der Waals surface area contributed by atoms with Gasteiger partial charge in [-0.2, -0.15) is 0 Å². The molecule has 2 nitrogen and oxygen atoms in total. The molecule has 4 atom stereocenters. The highest BCUT2D eigenvalue weighted by atomic mass is 15.1. The van der Waals surface area contributed by atoms with Gasteiger partial charge in [-0.05, 0) is 36.8 Å². The van der Waals surface area contributed by atoms with Crippen LogP contribution in [0.15, 0.2) is 60.7 Å². The Bertz CT molecular complexity index is 540. The summed E-state index contributed by atoms with van der Waals surface area (Å²) < 4.78 is 0. The third-order valence-electron chi connectivity index (χ3n) is 5.25. The third kappa shape index (κ3) is 2.81. The van der Waals surface area contributed by atoms with Crippen LogP contribution in [-0.2, 0) is 0 Å². The second-order valence-electron chi connectivity index (χ2n) is 6.63. The van der Waals surface area contributed by atoms with Crippen molar-refractivity contribution in [2.24, 2.45) is 0 Å². The van der Waals surface area contributed by atoms with Crippen molar-refractivity contribution >= 4 is 0 Å². The second kappa shape index (κ2) is 6.23. The molecule has 2 fully saturated rings. The average Bonchev–Trinajstić information content (AvgIpc) is 2.62. The van der Waals surface area contributed by atoms with E-state index in [1.165, 1.54) is 36.8 Å². The summed E-state index contributed by atoms with van der Waals surface area (Å²) in [6.07, 6.45) is 4.97. The summed E-state index contributed by atoms with van der Waals surface area (Å²) in [6, 6.07) is 24.1. The van der Waals surface area contributed by atoms with Crippen molar-refractivity contribution in [1.29, 1.82) is 0 Å². The van der Waals surface area contributed by atoms with Crippen molar-refractivity contribution in [1.82, 2.24) is 10.6 Å². The van der Waals surface area contributed by atoms with Crippen molar-refractivity contribution in [3.05, 3.63) is 71.8 Å². The summed E-state index contributed by atoms with van der Waals surface area (Å²) in [6.45, 7) is 0. The molecule has 114 valence electrons. The molecule has 0 spiro atoms. The van der Waals surface area contributed by atoms with E-state index in [1.807, 2.05) is 0 Å². The van der Waals surface area contributed by atoms with Crippen LogP contribution in [0.5, 0.6) is 0 Å². The van der Waals surface area contributed by atoms with Crippen LogP contribution in [0.4, 0.5) is 0 Å². The van der Waals surface area contributed by atoms with E-state index < -0.39 is 0 Å². The highest BCUT2D eigenvalue weighted by Crippen LogP contribution is 2.33. The molecule has 0 radical (unpaired) electrons. The topological polar surface area (TPSA) is 24.1 Å². The van der Waals surface area contributed by atoms with Gasteiger partial charge in [0.05, 0.1) is 0 Å². The van der Waals surface area contributed by atoms with Gasteiger partial charge in [0.15, 0.2) is 0 Å². The second-order valence-corrected chi connectivity index (χ2v) is 6.63. The monoisotopic (exact) mass is 292 g/mol. The molecular weight excluding hydrogens is 268 g/mol. The zero-order chi connectivity index (χ0) is 14.8. The minimum atomic E-state index is 0.525. The van der Waals surface area contributed by atoms with E-state index in [4.69, 9.17) is 0 Å². The molecule has 2 aliphatic heterocycles. The first-order valence-electron chi connectivity index (χ1n) is 8.52. The van der Waals surface area contributed by atoms with Crippen molar-refractivity contribution in [3.63, 3.8) is 0 Å². The molecule has 22 heavy (non-hydrogen) atoms. The van der Waals surface area contributed by atoms with Crippen LogP contribution >= 0.6 is 0 Å². The Morgan fingerprint density at radius 1 is 0.545 bits per heavy atom. The molecule has 0 saturated carbocycles. The van der Waals surface area contributed by atoms with E-state index in [0.717, 1.165) is 0 Å². The highest BCUT2D eigenvalue weighted by Gasteiger charge is 2.35. The lowest BCUT2D eigenvalue weighted by Gasteiger charge is -2.44. The molecule has 2 N–H and O–H groups in total. The lowest BCUT2D eigenvalue weighted by atomic mass is 9.82. The van der Waals surface area contributed by atoms with Gasteiger partial charge in [0.25, 0.3) is 0 Å². The number of hydrogen-bond acceptors (Lipinski definition) is 2. The van der Waals surface area contributed by atoms with Crippen LogP contribution in [0.1, 0.15) is 48.9 Å². The van der Waals surface area contributed by atoms with Crippen molar-refractivity contribution < 1.29 is 0 Å². The first kappa shape index (κ1) is 14.0. The van der Waals surface area contributed by atoms with Crippen LogP contribution in [-0.4, -0.2) is 12.1 Å². The SMILES string of the molecule is c1ccc([C@H]2CC[C@H]3N[C@@H](c4ccccc4)CC[C@H]3N2)cc1. The summed E-state index contributed by atoms with van der Waals surface area (Å²) in [5, 5.41) is 7.76. The number of benzene rings is 2. The fourth-order valence-corrected chi connectivity index (χ4v) is 4.07. The van der Waals surface area contributed by atoms with E-state index in [2.05, 4.69) is 71.3 Å². The molecule has 2 aliphatic rings. The standard InChI is InChI=1S/C20H24N2/c1-3-7-15(8-4-1)17-11-13-20-19(21-17)14-12-18(22-20)16-9-5-2-6-10-16/h1-10,17-22H,11-14H2/t17-,18-,19-,20-/m1/s1. The first-order chi connectivity index (χ1) is 10.9. The number of rotatable bonds is 2. The van der Waals surface area contributed by atoms with E-state index in [1.54, 1.807) is 0 Å². The number of hydrogen-bond donors (Lipinski definition) is 2. The molecule has 0 aliphatic carbocycles. The Labute approximate surface area is 132 Å². The maximum Gasteiger partial charge on any atom is 0.0323 e. The van der Waals surface area contributed by atoms with E-state index >= 15 is 0 Å². The average molecular weight is 292 g/mol. The van der Waals surface area contributed by atoms with Gasteiger partial charge in [-0.15, -0.1) is 0 Å². The van der Waals surface area contributed by atoms with Gasteiger partial charge in [-0.3, -0.25) is 0 Å². The van der Waals surface area contributed by atoms with Gasteiger partial charge < -0.3 is 10.6 Å². The van der Waals surface area contributed by atoms with Gasteiger partial charge in [-0.1, -0.05) is 60.7 Å². The summed E-state index contributed by atoms with van der Waals surface area (Å²) in [4.78, 5) is 0. The van der Waals surface area contributed by atoms with Crippen LogP contribution < -0.4 is 10.6 Å². The highest BCUT2D eigenvalue weighted by molar-refractivity contribution is 5.22. The summed E-state index contributed by atoms with van der Waals surface area (Å²) in [7, 11) is 0. The zero-order valence-electron chi connectivity index (χ0n) is 12.9. The van der Waals surface area contributed by atoms with Crippen molar-refractivity contribution in [2.45, 2.75) is 49.9 Å². The quantitative estimate of drug-likeness (QED) is 0.875. The molecule has 2 saturated heterocycles. The smallest absolute Gasteiger partial charge is 0.0323 e. The molecule has 2 heteroatoms. The fourth-order valence-electron chi connectivity index (χ4n) is 4.07. The summed E-state index contributed by atoms with van der Waals surface area (Å²) in [5.74, 6) is 0. The van der Waals surface area contributed by atoms with Crippen LogP contribution in [0.2, 0.25) is 0 Å². The molecule has 2 heterocycles. The number of piperidine rings is 2. The summed E-state index contributed by atoms with van der Waals surface area (Å²) in [5.41, 5.74) is 2.87. The van der Waals surface area contributed by atoms with Crippen molar-refractivity contribution in [3.8, 4) is 0 Å².